The Morgan fingerprint density at radius 3 is 3.00 bits per heavy atom. The fourth-order valence-electron chi connectivity index (χ4n) is 2.04. The minimum atomic E-state index is -0.432. The molecule has 5 atom stereocenters. The number of fused-ring (bicyclic) bond motifs is 3. The van der Waals surface area contributed by atoms with Crippen molar-refractivity contribution >= 4 is 22.6 Å². The topological polar surface area (TPSA) is 17.1 Å². The van der Waals surface area contributed by atoms with Gasteiger partial charge in [0.1, 0.15) is 0 Å². The molecule has 0 spiro atoms. The highest BCUT2D eigenvalue weighted by Crippen LogP contribution is 2.68. The summed E-state index contributed by atoms with van der Waals surface area (Å²) in [7, 11) is -0.432. The summed E-state index contributed by atoms with van der Waals surface area (Å²) < 4.78 is 11.4. The fraction of sp³-hybridized carbons (Fsp3) is 1.00. The molecule has 9 heavy (non-hydrogen) atoms. The van der Waals surface area contributed by atoms with Crippen molar-refractivity contribution in [1.82, 2.24) is 0 Å². The lowest BCUT2D eigenvalue weighted by Gasteiger charge is -1.97. The van der Waals surface area contributed by atoms with Gasteiger partial charge in [0, 0.05) is 21.3 Å². The summed E-state index contributed by atoms with van der Waals surface area (Å²) in [6.07, 6.45) is 1.24. The molecular weight excluding hydrogens is 152 g/mol. The molecule has 2 aliphatic heterocycles. The third-order valence-corrected chi connectivity index (χ3v) is 6.70. The van der Waals surface area contributed by atoms with Gasteiger partial charge >= 0.3 is 0 Å². The van der Waals surface area contributed by atoms with Crippen molar-refractivity contribution in [3.05, 3.63) is 0 Å². The molecule has 0 N–H and O–H groups in total. The van der Waals surface area contributed by atoms with Crippen molar-refractivity contribution in [3.63, 3.8) is 0 Å². The third kappa shape index (κ3) is 0.413. The van der Waals surface area contributed by atoms with E-state index in [0.717, 1.165) is 10.5 Å². The largest absolute Gasteiger partial charge is 0.259 e. The molecule has 3 fully saturated rings. The third-order valence-electron chi connectivity index (χ3n) is 2.76. The first-order valence-corrected chi connectivity index (χ1v) is 5.45. The smallest absolute Gasteiger partial charge is 0.0652 e. The standard InChI is InChI=1S/C6H8OS2/c1-6-2-3-4(8-3)5(6)9(6)7/h3-5H,2H2,1H3. The van der Waals surface area contributed by atoms with Gasteiger partial charge in [-0.05, 0) is 13.3 Å². The molecule has 0 bridgehead atoms. The van der Waals surface area contributed by atoms with Gasteiger partial charge in [-0.1, -0.05) is 0 Å². The maximum absolute atomic E-state index is 11.2. The Hall–Kier alpha value is 0.500. The van der Waals surface area contributed by atoms with Crippen LogP contribution in [0, 0.1) is 0 Å². The molecule has 0 radical (unpaired) electrons. The van der Waals surface area contributed by atoms with Gasteiger partial charge in [0.25, 0.3) is 0 Å². The highest BCUT2D eigenvalue weighted by atomic mass is 32.2. The van der Waals surface area contributed by atoms with E-state index in [1.54, 1.807) is 0 Å². The molecule has 1 nitrogen and oxygen atoms in total. The van der Waals surface area contributed by atoms with E-state index < -0.39 is 10.8 Å². The summed E-state index contributed by atoms with van der Waals surface area (Å²) in [6.45, 7) is 2.18. The molecule has 50 valence electrons. The van der Waals surface area contributed by atoms with Gasteiger partial charge in [0.15, 0.2) is 0 Å². The minimum Gasteiger partial charge on any atom is -0.259 e. The van der Waals surface area contributed by atoms with Crippen LogP contribution in [0.2, 0.25) is 0 Å². The van der Waals surface area contributed by atoms with Gasteiger partial charge in [0.2, 0.25) is 0 Å². The van der Waals surface area contributed by atoms with Crippen LogP contribution < -0.4 is 0 Å². The molecular formula is C6H8OS2. The first-order chi connectivity index (χ1) is 4.23. The maximum Gasteiger partial charge on any atom is 0.0652 e. The molecule has 0 aromatic heterocycles. The van der Waals surface area contributed by atoms with E-state index in [4.69, 9.17) is 0 Å². The summed E-state index contributed by atoms with van der Waals surface area (Å²) in [5.41, 5.74) is 0. The predicted molar refractivity (Wildman–Crippen MR) is 40.1 cm³/mol. The second-order valence-corrected chi connectivity index (χ2v) is 6.83. The van der Waals surface area contributed by atoms with Crippen molar-refractivity contribution in [2.45, 2.75) is 33.8 Å². The molecule has 3 heteroatoms. The maximum atomic E-state index is 11.2. The Kier molecular flexibility index (Phi) is 0.656. The highest BCUT2D eigenvalue weighted by Gasteiger charge is 2.76. The Morgan fingerprint density at radius 1 is 1.78 bits per heavy atom. The molecule has 1 saturated carbocycles. The molecule has 5 unspecified atom stereocenters. The van der Waals surface area contributed by atoms with Crippen LogP contribution in [0.5, 0.6) is 0 Å². The van der Waals surface area contributed by atoms with Gasteiger partial charge in [-0.25, -0.2) is 0 Å². The van der Waals surface area contributed by atoms with Crippen molar-refractivity contribution in [3.8, 4) is 0 Å². The van der Waals surface area contributed by atoms with E-state index in [0.29, 0.717) is 10.00 Å². The van der Waals surface area contributed by atoms with E-state index in [1.165, 1.54) is 6.42 Å². The quantitative estimate of drug-likeness (QED) is 0.487. The summed E-state index contributed by atoms with van der Waals surface area (Å²) in [5, 5.41) is 2.33. The first-order valence-electron chi connectivity index (χ1n) is 3.30. The van der Waals surface area contributed by atoms with Crippen LogP contribution in [0.4, 0.5) is 0 Å². The lowest BCUT2D eigenvalue weighted by atomic mass is 10.1. The van der Waals surface area contributed by atoms with Gasteiger partial charge in [0.05, 0.1) is 10.00 Å². The number of rotatable bonds is 0. The fourth-order valence-corrected chi connectivity index (χ4v) is 6.19. The van der Waals surface area contributed by atoms with Crippen LogP contribution in [0.1, 0.15) is 13.3 Å². The van der Waals surface area contributed by atoms with Crippen LogP contribution in [0.15, 0.2) is 0 Å². The number of hydrogen-bond donors (Lipinski definition) is 0. The monoisotopic (exact) mass is 160 g/mol. The van der Waals surface area contributed by atoms with Crippen LogP contribution >= 0.6 is 11.8 Å². The molecule has 1 aliphatic carbocycles. The van der Waals surface area contributed by atoms with Gasteiger partial charge < -0.3 is 0 Å². The molecule has 2 saturated heterocycles. The van der Waals surface area contributed by atoms with Gasteiger partial charge in [-0.15, -0.1) is 0 Å². The van der Waals surface area contributed by atoms with Gasteiger partial charge in [-0.3, -0.25) is 4.21 Å². The minimum absolute atomic E-state index is 0.292. The molecule has 3 aliphatic rings. The van der Waals surface area contributed by atoms with Gasteiger partial charge in [-0.2, -0.15) is 11.8 Å². The zero-order chi connectivity index (χ0) is 6.22. The Morgan fingerprint density at radius 2 is 2.56 bits per heavy atom. The van der Waals surface area contributed by atoms with Crippen LogP contribution in [-0.2, 0) is 10.8 Å². The summed E-state index contributed by atoms with van der Waals surface area (Å²) in [4.78, 5) is 0. The zero-order valence-corrected chi connectivity index (χ0v) is 6.80. The summed E-state index contributed by atoms with van der Waals surface area (Å²) >= 11 is 2.04. The van der Waals surface area contributed by atoms with E-state index in [9.17, 15) is 4.21 Å². The lowest BCUT2D eigenvalue weighted by Crippen LogP contribution is -2.05. The molecule has 0 amide bonds. The van der Waals surface area contributed by atoms with Crippen molar-refractivity contribution in [1.29, 1.82) is 0 Å². The molecule has 2 heterocycles. The van der Waals surface area contributed by atoms with Crippen molar-refractivity contribution in [2.24, 2.45) is 0 Å². The first kappa shape index (κ1) is 5.19. The summed E-state index contributed by atoms with van der Waals surface area (Å²) in [5.74, 6) is 0. The van der Waals surface area contributed by atoms with Crippen LogP contribution in [0.25, 0.3) is 0 Å². The molecule has 0 aromatic carbocycles. The Bertz CT molecular complexity index is 215. The SMILES string of the molecule is CC12CC3SC3C1S2=O. The van der Waals surface area contributed by atoms with E-state index in [2.05, 4.69) is 6.92 Å². The van der Waals surface area contributed by atoms with Crippen molar-refractivity contribution in [2.75, 3.05) is 0 Å². The van der Waals surface area contributed by atoms with Crippen molar-refractivity contribution < 1.29 is 4.21 Å². The van der Waals surface area contributed by atoms with E-state index in [-0.39, 0.29) is 0 Å². The molecule has 3 rings (SSSR count). The second-order valence-electron chi connectivity index (χ2n) is 3.37. The zero-order valence-electron chi connectivity index (χ0n) is 5.16. The lowest BCUT2D eigenvalue weighted by molar-refractivity contribution is 0.679. The van der Waals surface area contributed by atoms with E-state index in [1.807, 2.05) is 11.8 Å². The average Bonchev–Trinajstić information content (AvgIpc) is 2.56. The Balaban J connectivity index is 2.06. The highest BCUT2D eigenvalue weighted by molar-refractivity contribution is 8.10. The summed E-state index contributed by atoms with van der Waals surface area (Å²) in [6, 6.07) is 0. The average molecular weight is 160 g/mol. The number of hydrogen-bond acceptors (Lipinski definition) is 2. The number of thioether (sulfide) groups is 1. The second kappa shape index (κ2) is 1.14. The van der Waals surface area contributed by atoms with Crippen LogP contribution in [0.3, 0.4) is 0 Å². The van der Waals surface area contributed by atoms with Crippen LogP contribution in [-0.4, -0.2) is 24.7 Å². The predicted octanol–water partition coefficient (Wildman–Crippen LogP) is 0.764. The Labute approximate surface area is 61.0 Å². The normalized spacial score (nSPS) is 75.2. The molecule has 0 aromatic rings. The van der Waals surface area contributed by atoms with E-state index >= 15 is 0 Å².